The first-order chi connectivity index (χ1) is 12.6. The largest absolute Gasteiger partial charge is 0.493 e. The van der Waals surface area contributed by atoms with Crippen molar-refractivity contribution in [3.63, 3.8) is 0 Å². The number of nitrogens with zero attached hydrogens (tertiary/aromatic N) is 4. The van der Waals surface area contributed by atoms with E-state index in [1.807, 2.05) is 38.1 Å². The number of carbonyl (C=O) groups excluding carboxylic acids is 1. The van der Waals surface area contributed by atoms with Crippen molar-refractivity contribution in [1.82, 2.24) is 24.9 Å². The van der Waals surface area contributed by atoms with Gasteiger partial charge >= 0.3 is 0 Å². The Labute approximate surface area is 151 Å². The smallest absolute Gasteiger partial charge is 0.252 e. The number of carbonyl (C=O) groups is 1. The predicted molar refractivity (Wildman–Crippen MR) is 96.0 cm³/mol. The molecular weight excluding hydrogens is 330 g/mol. The highest BCUT2D eigenvalue weighted by Crippen LogP contribution is 2.31. The van der Waals surface area contributed by atoms with Crippen LogP contribution in [0.25, 0.3) is 5.78 Å². The minimum atomic E-state index is 0.00515. The number of fused-ring (bicyclic) bond motifs is 2. The van der Waals surface area contributed by atoms with Crippen molar-refractivity contribution < 1.29 is 9.53 Å². The minimum absolute atomic E-state index is 0.00515. The fourth-order valence-electron chi connectivity index (χ4n) is 3.51. The standard InChI is InChI=1S/C19H21N5O2/c1-12-14(13(2)24-19(22-12)20-11-21-24)7-8-18(25)23-16-9-10-26-17-6-4-3-5-15(16)17/h3-6,11,16H,7-10H2,1-2H3,(H,23,25). The first-order valence-electron chi connectivity index (χ1n) is 8.80. The average Bonchev–Trinajstić information content (AvgIpc) is 3.10. The quantitative estimate of drug-likeness (QED) is 0.780. The van der Waals surface area contributed by atoms with Gasteiger partial charge in [0.2, 0.25) is 5.91 Å². The average molecular weight is 351 g/mol. The molecule has 134 valence electrons. The van der Waals surface area contributed by atoms with Gasteiger partial charge in [-0.25, -0.2) is 9.50 Å². The molecular formula is C19H21N5O2. The molecule has 1 amide bonds. The van der Waals surface area contributed by atoms with Crippen LogP contribution < -0.4 is 10.1 Å². The van der Waals surface area contributed by atoms with Crippen molar-refractivity contribution in [2.75, 3.05) is 6.61 Å². The summed E-state index contributed by atoms with van der Waals surface area (Å²) in [7, 11) is 0. The van der Waals surface area contributed by atoms with Crippen LogP contribution in [0.1, 0.15) is 41.4 Å². The number of rotatable bonds is 4. The van der Waals surface area contributed by atoms with E-state index in [-0.39, 0.29) is 11.9 Å². The zero-order valence-corrected chi connectivity index (χ0v) is 14.9. The molecule has 4 rings (SSSR count). The number of aryl methyl sites for hydroxylation is 2. The summed E-state index contributed by atoms with van der Waals surface area (Å²) >= 11 is 0. The predicted octanol–water partition coefficient (Wildman–Crippen LogP) is 2.31. The number of benzene rings is 1. The van der Waals surface area contributed by atoms with Crippen LogP contribution in [0, 0.1) is 13.8 Å². The maximum Gasteiger partial charge on any atom is 0.252 e. The summed E-state index contributed by atoms with van der Waals surface area (Å²) < 4.78 is 7.37. The van der Waals surface area contributed by atoms with E-state index in [1.54, 1.807) is 4.52 Å². The van der Waals surface area contributed by atoms with Gasteiger partial charge in [-0.2, -0.15) is 10.1 Å². The van der Waals surface area contributed by atoms with Crippen LogP contribution in [-0.4, -0.2) is 32.1 Å². The molecule has 2 aromatic heterocycles. The highest BCUT2D eigenvalue weighted by atomic mass is 16.5. The Hall–Kier alpha value is -2.96. The first kappa shape index (κ1) is 16.5. The molecule has 3 aromatic rings. The van der Waals surface area contributed by atoms with Crippen molar-refractivity contribution >= 4 is 11.7 Å². The Kier molecular flexibility index (Phi) is 4.28. The molecule has 0 spiro atoms. The van der Waals surface area contributed by atoms with Crippen molar-refractivity contribution in [1.29, 1.82) is 0 Å². The maximum absolute atomic E-state index is 12.5. The van der Waals surface area contributed by atoms with Gasteiger partial charge < -0.3 is 10.1 Å². The molecule has 1 aromatic carbocycles. The molecule has 7 heteroatoms. The number of ether oxygens (including phenoxy) is 1. The summed E-state index contributed by atoms with van der Waals surface area (Å²) in [5.74, 6) is 1.48. The molecule has 0 bridgehead atoms. The molecule has 7 nitrogen and oxygen atoms in total. The highest BCUT2D eigenvalue weighted by molar-refractivity contribution is 5.77. The Morgan fingerprint density at radius 2 is 2.19 bits per heavy atom. The van der Waals surface area contributed by atoms with Crippen molar-refractivity contribution in [2.45, 2.75) is 39.2 Å². The lowest BCUT2D eigenvalue weighted by Crippen LogP contribution is -2.32. The summed E-state index contributed by atoms with van der Waals surface area (Å²) in [5, 5.41) is 7.34. The Morgan fingerprint density at radius 1 is 1.35 bits per heavy atom. The maximum atomic E-state index is 12.5. The van der Waals surface area contributed by atoms with E-state index in [9.17, 15) is 4.79 Å². The third-order valence-corrected chi connectivity index (χ3v) is 4.88. The molecule has 0 radical (unpaired) electrons. The molecule has 0 aliphatic carbocycles. The first-order valence-corrected chi connectivity index (χ1v) is 8.80. The molecule has 1 aliphatic heterocycles. The Morgan fingerprint density at radius 3 is 3.08 bits per heavy atom. The van der Waals surface area contributed by atoms with Crippen LogP contribution in [0.2, 0.25) is 0 Å². The molecule has 26 heavy (non-hydrogen) atoms. The summed E-state index contributed by atoms with van der Waals surface area (Å²) in [6.45, 7) is 4.55. The summed E-state index contributed by atoms with van der Waals surface area (Å²) in [6, 6.07) is 7.88. The number of para-hydroxylation sites is 1. The zero-order chi connectivity index (χ0) is 18.1. The number of nitrogens with one attached hydrogen (secondary N) is 1. The minimum Gasteiger partial charge on any atom is -0.493 e. The van der Waals surface area contributed by atoms with Crippen LogP contribution in [0.3, 0.4) is 0 Å². The van der Waals surface area contributed by atoms with Crippen LogP contribution >= 0.6 is 0 Å². The number of hydrogen-bond acceptors (Lipinski definition) is 5. The third-order valence-electron chi connectivity index (χ3n) is 4.88. The molecule has 1 aliphatic rings. The lowest BCUT2D eigenvalue weighted by atomic mass is 10.00. The SMILES string of the molecule is Cc1nc2ncnn2c(C)c1CCC(=O)NC1CCOc2ccccc21. The second kappa shape index (κ2) is 6.74. The monoisotopic (exact) mass is 351 g/mol. The van der Waals surface area contributed by atoms with Gasteiger partial charge in [-0.1, -0.05) is 18.2 Å². The van der Waals surface area contributed by atoms with Gasteiger partial charge in [-0.15, -0.1) is 0 Å². The number of aromatic nitrogens is 4. The fourth-order valence-corrected chi connectivity index (χ4v) is 3.51. The lowest BCUT2D eigenvalue weighted by molar-refractivity contribution is -0.122. The van der Waals surface area contributed by atoms with Crippen LogP contribution in [0.4, 0.5) is 0 Å². The Bertz CT molecular complexity index is 966. The number of hydrogen-bond donors (Lipinski definition) is 1. The molecule has 0 saturated carbocycles. The van der Waals surface area contributed by atoms with E-state index < -0.39 is 0 Å². The normalized spacial score (nSPS) is 16.2. The zero-order valence-electron chi connectivity index (χ0n) is 14.9. The van der Waals surface area contributed by atoms with E-state index in [0.29, 0.717) is 25.2 Å². The third kappa shape index (κ3) is 3.00. The molecule has 0 saturated heterocycles. The van der Waals surface area contributed by atoms with Gasteiger partial charge in [-0.3, -0.25) is 4.79 Å². The lowest BCUT2D eigenvalue weighted by Gasteiger charge is -2.26. The van der Waals surface area contributed by atoms with Gasteiger partial charge in [0, 0.05) is 29.8 Å². The van der Waals surface area contributed by atoms with E-state index in [1.165, 1.54) is 6.33 Å². The second-order valence-corrected chi connectivity index (χ2v) is 6.53. The van der Waals surface area contributed by atoms with Gasteiger partial charge in [0.15, 0.2) is 0 Å². The summed E-state index contributed by atoms with van der Waals surface area (Å²) in [4.78, 5) is 21.1. The fraction of sp³-hybridized carbons (Fsp3) is 0.368. The highest BCUT2D eigenvalue weighted by Gasteiger charge is 2.22. The number of amides is 1. The molecule has 3 heterocycles. The van der Waals surface area contributed by atoms with Gasteiger partial charge in [-0.05, 0) is 31.9 Å². The van der Waals surface area contributed by atoms with Crippen molar-refractivity contribution in [3.05, 3.63) is 53.1 Å². The summed E-state index contributed by atoms with van der Waals surface area (Å²) in [6.07, 6.45) is 3.31. The van der Waals surface area contributed by atoms with Crippen LogP contribution in [-0.2, 0) is 11.2 Å². The van der Waals surface area contributed by atoms with Gasteiger partial charge in [0.05, 0.1) is 12.6 Å². The molecule has 0 fully saturated rings. The molecule has 1 N–H and O–H groups in total. The van der Waals surface area contributed by atoms with E-state index in [0.717, 1.165) is 34.7 Å². The second-order valence-electron chi connectivity index (χ2n) is 6.53. The molecule has 1 atom stereocenters. The van der Waals surface area contributed by atoms with Crippen LogP contribution in [0.15, 0.2) is 30.6 Å². The van der Waals surface area contributed by atoms with Crippen molar-refractivity contribution in [3.8, 4) is 5.75 Å². The van der Waals surface area contributed by atoms with E-state index in [2.05, 4.69) is 20.4 Å². The van der Waals surface area contributed by atoms with E-state index in [4.69, 9.17) is 4.74 Å². The Balaban J connectivity index is 1.45. The topological polar surface area (TPSA) is 81.4 Å². The van der Waals surface area contributed by atoms with Crippen molar-refractivity contribution in [2.24, 2.45) is 0 Å². The molecule has 1 unspecified atom stereocenters. The summed E-state index contributed by atoms with van der Waals surface area (Å²) in [5.41, 5.74) is 3.97. The van der Waals surface area contributed by atoms with E-state index >= 15 is 0 Å². The van der Waals surface area contributed by atoms with Gasteiger partial charge in [0.25, 0.3) is 5.78 Å². The van der Waals surface area contributed by atoms with Gasteiger partial charge in [0.1, 0.15) is 12.1 Å². The van der Waals surface area contributed by atoms with Crippen LogP contribution in [0.5, 0.6) is 5.75 Å².